The maximum Gasteiger partial charge on any atom is 0.410 e. The Morgan fingerprint density at radius 3 is 2.62 bits per heavy atom. The highest BCUT2D eigenvalue weighted by Gasteiger charge is 2.75. The lowest BCUT2D eigenvalue weighted by atomic mass is 10.0. The van der Waals surface area contributed by atoms with Crippen molar-refractivity contribution in [3.63, 3.8) is 0 Å². The molecule has 1 saturated heterocycles. The van der Waals surface area contributed by atoms with E-state index >= 15 is 0 Å². The maximum atomic E-state index is 13.4. The van der Waals surface area contributed by atoms with Crippen molar-refractivity contribution in [2.45, 2.75) is 63.4 Å². The summed E-state index contributed by atoms with van der Waals surface area (Å²) in [5, 5.41) is 13.4. The number of rotatable bonds is 5. The van der Waals surface area contributed by atoms with Crippen molar-refractivity contribution >= 4 is 6.09 Å². The number of carbonyl (C=O) groups excluding carboxylic acids is 1. The zero-order chi connectivity index (χ0) is 19.1. The summed E-state index contributed by atoms with van der Waals surface area (Å²) in [6, 6.07) is 8.91. The highest BCUT2D eigenvalue weighted by Crippen LogP contribution is 2.57. The molecule has 7 heteroatoms. The third kappa shape index (κ3) is 3.42. The molecule has 0 bridgehead atoms. The van der Waals surface area contributed by atoms with Crippen LogP contribution in [0.5, 0.6) is 0 Å². The smallest absolute Gasteiger partial charge is 0.410 e. The second kappa shape index (κ2) is 6.78. The Kier molecular flexibility index (Phi) is 4.96. The summed E-state index contributed by atoms with van der Waals surface area (Å²) in [5.74, 6) is -0.206. The molecule has 1 aromatic rings. The van der Waals surface area contributed by atoms with Crippen LogP contribution >= 0.6 is 0 Å². The van der Waals surface area contributed by atoms with Gasteiger partial charge in [-0.3, -0.25) is 0 Å². The molecular weight excluding hydrogens is 342 g/mol. The lowest BCUT2D eigenvalue weighted by molar-refractivity contribution is -0.0476. The predicted octanol–water partition coefficient (Wildman–Crippen LogP) is 2.78. The summed E-state index contributed by atoms with van der Waals surface area (Å²) in [5.41, 5.74) is -0.924. The summed E-state index contributed by atoms with van der Waals surface area (Å²) in [7, 11) is 0. The molecule has 2 N–H and O–H groups in total. The zero-order valence-electron chi connectivity index (χ0n) is 15.3. The average molecular weight is 368 g/mol. The van der Waals surface area contributed by atoms with Gasteiger partial charge in [-0.15, -0.1) is 0 Å². The lowest BCUT2D eigenvalue weighted by Gasteiger charge is -2.32. The number of piperidine rings is 1. The van der Waals surface area contributed by atoms with E-state index in [1.807, 2.05) is 30.3 Å². The van der Waals surface area contributed by atoms with E-state index in [0.717, 1.165) is 5.56 Å². The molecule has 3 rings (SSSR count). The van der Waals surface area contributed by atoms with Gasteiger partial charge in [0.05, 0.1) is 11.6 Å². The molecule has 1 aromatic carbocycles. The van der Waals surface area contributed by atoms with E-state index < -0.39 is 35.8 Å². The fourth-order valence-corrected chi connectivity index (χ4v) is 4.07. The topological polar surface area (TPSA) is 61.8 Å². The van der Waals surface area contributed by atoms with Gasteiger partial charge >= 0.3 is 6.09 Å². The SMILES string of the molecule is CC(C)(C)OC(=O)N1CCC2C1C2(NCc1ccccc1)C(O)C(F)F. The predicted molar refractivity (Wildman–Crippen MR) is 92.9 cm³/mol. The quantitative estimate of drug-likeness (QED) is 0.839. The third-order valence-electron chi connectivity index (χ3n) is 5.19. The molecular formula is C19H26F2N2O3. The summed E-state index contributed by atoms with van der Waals surface area (Å²) in [4.78, 5) is 13.9. The molecule has 1 amide bonds. The van der Waals surface area contributed by atoms with Crippen molar-refractivity contribution in [1.29, 1.82) is 0 Å². The van der Waals surface area contributed by atoms with Crippen molar-refractivity contribution in [2.75, 3.05) is 6.54 Å². The van der Waals surface area contributed by atoms with Crippen LogP contribution in [0.3, 0.4) is 0 Å². The maximum absolute atomic E-state index is 13.4. The van der Waals surface area contributed by atoms with Crippen molar-refractivity contribution in [2.24, 2.45) is 5.92 Å². The van der Waals surface area contributed by atoms with Crippen LogP contribution < -0.4 is 5.32 Å². The van der Waals surface area contributed by atoms with E-state index in [4.69, 9.17) is 4.74 Å². The second-order valence-electron chi connectivity index (χ2n) is 8.07. The Hall–Kier alpha value is -1.73. The van der Waals surface area contributed by atoms with E-state index in [1.165, 1.54) is 4.90 Å². The standard InChI is InChI=1S/C19H26F2N2O3/c1-18(2,3)26-17(25)23-10-9-13-14(23)19(13,15(24)16(20)21)22-11-12-7-5-4-6-8-12/h4-8,13-16,22,24H,9-11H2,1-3H3. The lowest BCUT2D eigenvalue weighted by Crippen LogP contribution is -2.54. The Morgan fingerprint density at radius 1 is 1.38 bits per heavy atom. The van der Waals surface area contributed by atoms with Gasteiger partial charge in [-0.1, -0.05) is 30.3 Å². The number of amides is 1. The Balaban J connectivity index is 1.77. The largest absolute Gasteiger partial charge is 0.444 e. The molecule has 4 atom stereocenters. The number of aliphatic hydroxyl groups is 1. The van der Waals surface area contributed by atoms with Gasteiger partial charge in [-0.2, -0.15) is 0 Å². The number of ether oxygens (including phenoxy) is 1. The molecule has 2 aliphatic rings. The number of benzene rings is 1. The molecule has 1 saturated carbocycles. The normalized spacial score (nSPS) is 28.8. The highest BCUT2D eigenvalue weighted by molar-refractivity contribution is 5.71. The Labute approximate surface area is 152 Å². The molecule has 1 aliphatic heterocycles. The number of nitrogens with one attached hydrogen (secondary N) is 1. The van der Waals surface area contributed by atoms with Crippen molar-refractivity contribution in [1.82, 2.24) is 10.2 Å². The van der Waals surface area contributed by atoms with Gasteiger partial charge in [0.1, 0.15) is 11.7 Å². The summed E-state index contributed by atoms with van der Waals surface area (Å²) >= 11 is 0. The number of alkyl halides is 2. The van der Waals surface area contributed by atoms with E-state index in [1.54, 1.807) is 20.8 Å². The summed E-state index contributed by atoms with van der Waals surface area (Å²) in [6.45, 7) is 6.09. The van der Waals surface area contributed by atoms with Gasteiger partial charge in [0, 0.05) is 19.0 Å². The second-order valence-corrected chi connectivity index (χ2v) is 8.07. The van der Waals surface area contributed by atoms with Crippen molar-refractivity contribution < 1.29 is 23.4 Å². The van der Waals surface area contributed by atoms with E-state index in [9.17, 15) is 18.7 Å². The van der Waals surface area contributed by atoms with Gasteiger partial charge < -0.3 is 20.1 Å². The minimum atomic E-state index is -2.88. The molecule has 1 heterocycles. The first-order valence-corrected chi connectivity index (χ1v) is 8.91. The molecule has 0 spiro atoms. The van der Waals surface area contributed by atoms with Crippen molar-refractivity contribution in [3.05, 3.63) is 35.9 Å². The van der Waals surface area contributed by atoms with Crippen LogP contribution in [0.15, 0.2) is 30.3 Å². The van der Waals surface area contributed by atoms with Crippen molar-refractivity contribution in [3.8, 4) is 0 Å². The highest BCUT2D eigenvalue weighted by atomic mass is 19.3. The third-order valence-corrected chi connectivity index (χ3v) is 5.19. The van der Waals surface area contributed by atoms with Crippen LogP contribution in [-0.2, 0) is 11.3 Å². The van der Waals surface area contributed by atoms with Crippen LogP contribution in [-0.4, -0.2) is 52.4 Å². The molecule has 1 aliphatic carbocycles. The molecule has 5 nitrogen and oxygen atoms in total. The van der Waals surface area contributed by atoms with Crippen LogP contribution in [0, 0.1) is 5.92 Å². The molecule has 144 valence electrons. The molecule has 0 aromatic heterocycles. The zero-order valence-corrected chi connectivity index (χ0v) is 15.3. The van der Waals surface area contributed by atoms with Crippen LogP contribution in [0.2, 0.25) is 0 Å². The first-order valence-electron chi connectivity index (χ1n) is 8.91. The van der Waals surface area contributed by atoms with E-state index in [0.29, 0.717) is 19.5 Å². The summed E-state index contributed by atoms with van der Waals surface area (Å²) < 4.78 is 32.1. The first kappa shape index (κ1) is 19.0. The van der Waals surface area contributed by atoms with Crippen LogP contribution in [0.4, 0.5) is 13.6 Å². The Bertz CT molecular complexity index is 650. The fourth-order valence-electron chi connectivity index (χ4n) is 4.07. The molecule has 0 radical (unpaired) electrons. The molecule has 4 unspecified atom stereocenters. The first-order chi connectivity index (χ1) is 12.2. The van der Waals surface area contributed by atoms with Gasteiger partial charge in [0.25, 0.3) is 6.43 Å². The van der Waals surface area contributed by atoms with Gasteiger partial charge in [0.2, 0.25) is 0 Å². The number of fused-ring (bicyclic) bond motifs is 1. The van der Waals surface area contributed by atoms with Gasteiger partial charge in [0.15, 0.2) is 0 Å². The molecule has 2 fully saturated rings. The van der Waals surface area contributed by atoms with E-state index in [2.05, 4.69) is 5.32 Å². The van der Waals surface area contributed by atoms with Crippen LogP contribution in [0.25, 0.3) is 0 Å². The van der Waals surface area contributed by atoms with Gasteiger partial charge in [-0.05, 0) is 32.8 Å². The minimum absolute atomic E-state index is 0.206. The fraction of sp³-hybridized carbons (Fsp3) is 0.632. The monoisotopic (exact) mass is 368 g/mol. The average Bonchev–Trinajstić information content (AvgIpc) is 2.96. The minimum Gasteiger partial charge on any atom is -0.444 e. The number of halogens is 2. The number of likely N-dealkylation sites (tertiary alicyclic amines) is 1. The van der Waals surface area contributed by atoms with Gasteiger partial charge in [-0.25, -0.2) is 13.6 Å². The van der Waals surface area contributed by atoms with Crippen LogP contribution in [0.1, 0.15) is 32.8 Å². The summed E-state index contributed by atoms with van der Waals surface area (Å²) in [6.07, 6.45) is -4.68. The van der Waals surface area contributed by atoms with E-state index in [-0.39, 0.29) is 5.92 Å². The molecule has 26 heavy (non-hydrogen) atoms. The number of nitrogens with zero attached hydrogens (tertiary/aromatic N) is 1. The number of carbonyl (C=O) groups is 1. The Morgan fingerprint density at radius 2 is 2.04 bits per heavy atom. The number of hydrogen-bond donors (Lipinski definition) is 2. The number of aliphatic hydroxyl groups excluding tert-OH is 1. The number of hydrogen-bond acceptors (Lipinski definition) is 4.